The van der Waals surface area contributed by atoms with Crippen molar-refractivity contribution in [1.82, 2.24) is 0 Å². The van der Waals surface area contributed by atoms with Gasteiger partial charge in [-0.25, -0.2) is 0 Å². The molecule has 0 saturated heterocycles. The van der Waals surface area contributed by atoms with Crippen molar-refractivity contribution in [3.63, 3.8) is 0 Å². The molecule has 6 nitrogen and oxygen atoms in total. The van der Waals surface area contributed by atoms with Crippen LogP contribution in [0.15, 0.2) is 52.5 Å². The average molecular weight is 830 g/mol. The largest absolute Gasteiger partial charge is 0.505 e. The number of halogens is 9. The van der Waals surface area contributed by atoms with Gasteiger partial charge in [-0.2, -0.15) is 39.5 Å². The Morgan fingerprint density at radius 2 is 0.674 bits per heavy atom. The molecule has 0 aliphatic heterocycles. The molecule has 0 amide bonds. The summed E-state index contributed by atoms with van der Waals surface area (Å²) in [5, 5.41) is 4.86. The molecule has 0 aliphatic rings. The third kappa shape index (κ3) is 15.4. The molecule has 3 heterocycles. The zero-order valence-corrected chi connectivity index (χ0v) is 25.7. The molecule has 43 heavy (non-hydrogen) atoms. The van der Waals surface area contributed by atoms with Crippen molar-refractivity contribution in [2.45, 2.75) is 37.8 Å². The smallest absolute Gasteiger partial charge is 0.276 e. The van der Waals surface area contributed by atoms with E-state index in [4.69, 9.17) is 14.4 Å². The van der Waals surface area contributed by atoms with Crippen molar-refractivity contribution in [3.8, 4) is 0 Å². The van der Waals surface area contributed by atoms with Gasteiger partial charge in [0.1, 0.15) is 14.6 Å². The first-order valence-corrected chi connectivity index (χ1v) is 13.5. The van der Waals surface area contributed by atoms with Crippen LogP contribution in [0.25, 0.3) is 0 Å². The average Bonchev–Trinajstić information content (AvgIpc) is 3.66. The van der Waals surface area contributed by atoms with Gasteiger partial charge in [0.2, 0.25) is 0 Å². The van der Waals surface area contributed by atoms with Crippen molar-refractivity contribution < 1.29 is 108 Å². The number of carbonyl (C=O) groups excluding carboxylic acids is 6. The van der Waals surface area contributed by atoms with Gasteiger partial charge in [-0.15, -0.1) is 34.0 Å². The fourth-order valence-corrected chi connectivity index (χ4v) is 4.37. The zero-order valence-electron chi connectivity index (χ0n) is 21.0. The van der Waals surface area contributed by atoms with E-state index < -0.39 is 72.5 Å². The van der Waals surface area contributed by atoms with Gasteiger partial charge < -0.3 is 0 Å². The SMILES string of the molecule is [Gd].[OH+]=C(CC(=[OH+])C(F)(F)F)c1cccs1.[OH+]=C(CC(=[OH+])C(F)(F)F)c1cccs1.[OH+]=C(CC(=[OH+])C(F)(F)F)c1cccs1. The van der Waals surface area contributed by atoms with Crippen LogP contribution in [-0.4, -0.2) is 82.0 Å². The first-order valence-electron chi connectivity index (χ1n) is 10.8. The van der Waals surface area contributed by atoms with Crippen molar-refractivity contribution in [2.75, 3.05) is 0 Å². The molecular formula is C24H21F9GdO6S3+6. The maximum atomic E-state index is 11.8. The Morgan fingerprint density at radius 1 is 0.465 bits per heavy atom. The number of alkyl halides is 9. The first kappa shape index (κ1) is 40.8. The molecule has 0 aliphatic carbocycles. The molecule has 0 fully saturated rings. The number of rotatable bonds is 9. The summed E-state index contributed by atoms with van der Waals surface area (Å²) < 4.78 is 107. The molecule has 0 saturated carbocycles. The summed E-state index contributed by atoms with van der Waals surface area (Å²) in [6, 6.07) is 9.22. The molecule has 6 N–H and O–H groups in total. The minimum Gasteiger partial charge on any atom is -0.276 e. The standard InChI is InChI=1S/3C8H5F3O2S.Gd/c3*9-8(10,11)7(13)4-5(12)6-2-1-3-14-6;/h3*1-3H,4H2;/p+6. The van der Waals surface area contributed by atoms with E-state index in [-0.39, 0.29) is 39.9 Å². The quantitative estimate of drug-likeness (QED) is 0.102. The van der Waals surface area contributed by atoms with Gasteiger partial charge in [0.05, 0.1) is 0 Å². The molecule has 3 aromatic heterocycles. The summed E-state index contributed by atoms with van der Waals surface area (Å²) in [6.07, 6.45) is -17.0. The monoisotopic (exact) mass is 830 g/mol. The molecule has 0 radical (unpaired) electrons. The van der Waals surface area contributed by atoms with Gasteiger partial charge in [-0.05, 0) is 34.3 Å². The van der Waals surface area contributed by atoms with E-state index in [1.807, 2.05) is 0 Å². The summed E-state index contributed by atoms with van der Waals surface area (Å²) in [5.41, 5.74) is 0. The maximum Gasteiger partial charge on any atom is 0.505 e. The number of ketones is 6. The van der Waals surface area contributed by atoms with Crippen LogP contribution >= 0.6 is 34.0 Å². The summed E-state index contributed by atoms with van der Waals surface area (Å²) in [4.78, 5) is 54.2. The second-order valence-corrected chi connectivity index (χ2v) is 10.5. The van der Waals surface area contributed by atoms with Crippen LogP contribution in [0.2, 0.25) is 0 Å². The molecule has 0 spiro atoms. The minimum absolute atomic E-state index is 0. The second kappa shape index (κ2) is 17.9. The second-order valence-electron chi connectivity index (χ2n) is 7.64. The van der Waals surface area contributed by atoms with E-state index in [0.717, 1.165) is 34.0 Å². The van der Waals surface area contributed by atoms with Crippen LogP contribution in [0.5, 0.6) is 0 Å². The molecule has 0 bridgehead atoms. The van der Waals surface area contributed by atoms with Gasteiger partial charge in [-0.1, -0.05) is 18.2 Å². The molecule has 19 heteroatoms. The molecule has 0 aromatic carbocycles. The van der Waals surface area contributed by atoms with Crippen molar-refractivity contribution in [2.24, 2.45) is 0 Å². The number of thiophene rings is 3. The fourth-order valence-electron chi connectivity index (χ4n) is 2.37. The van der Waals surface area contributed by atoms with Gasteiger partial charge in [-0.3, -0.25) is 28.8 Å². The Kier molecular flexibility index (Phi) is 17.0. The normalized spacial score (nSPS) is 11.1. The first-order chi connectivity index (χ1) is 19.2. The van der Waals surface area contributed by atoms with Crippen molar-refractivity contribution in [1.29, 1.82) is 0 Å². The van der Waals surface area contributed by atoms with E-state index >= 15 is 0 Å². The number of hydrogen-bond donors (Lipinski definition) is 0. The van der Waals surface area contributed by atoms with Crippen molar-refractivity contribution in [3.05, 3.63) is 67.2 Å². The van der Waals surface area contributed by atoms with Crippen LogP contribution in [0, 0.1) is 39.9 Å². The van der Waals surface area contributed by atoms with Crippen LogP contribution < -0.4 is 0 Å². The van der Waals surface area contributed by atoms with Gasteiger partial charge in [0, 0.05) is 39.9 Å². The molecular weight excluding hydrogens is 809 g/mol. The summed E-state index contributed by atoms with van der Waals surface area (Å²) in [6.45, 7) is 0. The van der Waals surface area contributed by atoms with Crippen LogP contribution in [0.3, 0.4) is 0 Å². The molecule has 3 rings (SSSR count). The van der Waals surface area contributed by atoms with Crippen molar-refractivity contribution >= 4 is 68.7 Å². The minimum atomic E-state index is -4.77. The predicted molar refractivity (Wildman–Crippen MR) is 144 cm³/mol. The van der Waals surface area contributed by atoms with Gasteiger partial charge in [0.15, 0.2) is 19.3 Å². The maximum absolute atomic E-state index is 11.8. The fraction of sp³-hybridized carbons (Fsp3) is 0.250. The molecule has 0 atom stereocenters. The number of hydrogen-bond acceptors (Lipinski definition) is 3. The van der Waals surface area contributed by atoms with E-state index in [1.165, 1.54) is 18.2 Å². The third-order valence-corrected chi connectivity index (χ3v) is 7.16. The topological polar surface area (TPSA) is 128 Å². The van der Waals surface area contributed by atoms with Crippen LogP contribution in [-0.2, 0) is 0 Å². The van der Waals surface area contributed by atoms with Crippen LogP contribution in [0.1, 0.15) is 33.9 Å². The Balaban J connectivity index is 0.000000608. The Labute approximate surface area is 280 Å². The Hall–Kier alpha value is -2.19. The predicted octanol–water partition coefficient (Wildman–Crippen LogP) is 6.42. The summed E-state index contributed by atoms with van der Waals surface area (Å²) in [5.74, 6) is -6.50. The Morgan fingerprint density at radius 3 is 0.814 bits per heavy atom. The van der Waals surface area contributed by atoms with Gasteiger partial charge in [0.25, 0.3) is 0 Å². The molecule has 3 aromatic rings. The Bertz CT molecular complexity index is 1190. The van der Waals surface area contributed by atoms with E-state index in [0.29, 0.717) is 14.6 Å². The summed E-state index contributed by atoms with van der Waals surface area (Å²) in [7, 11) is 0. The zero-order chi connectivity index (χ0) is 32.3. The van der Waals surface area contributed by atoms with E-state index in [1.54, 1.807) is 34.3 Å². The molecule has 0 unspecified atom stereocenters. The van der Waals surface area contributed by atoms with E-state index in [2.05, 4.69) is 0 Å². The van der Waals surface area contributed by atoms with Crippen LogP contribution in [0.4, 0.5) is 39.5 Å². The van der Waals surface area contributed by atoms with Gasteiger partial charge >= 0.3 is 53.2 Å². The summed E-state index contributed by atoms with van der Waals surface area (Å²) >= 11 is 3.31. The molecule has 236 valence electrons. The van der Waals surface area contributed by atoms with E-state index in [9.17, 15) is 53.9 Å². The third-order valence-electron chi connectivity index (χ3n) is 4.40.